The molecule has 0 bridgehead atoms. The minimum Gasteiger partial charge on any atom is -0.502 e. The number of ether oxygens (including phenoxy) is 1. The van der Waals surface area contributed by atoms with Crippen molar-refractivity contribution in [3.05, 3.63) is 61.8 Å². The Balaban J connectivity index is 1.59. The molecule has 0 radical (unpaired) electrons. The zero-order valence-electron chi connectivity index (χ0n) is 19.6. The Morgan fingerprint density at radius 2 is 1.97 bits per heavy atom. The van der Waals surface area contributed by atoms with Crippen LogP contribution in [0.1, 0.15) is 58.2 Å². The van der Waals surface area contributed by atoms with Crippen LogP contribution >= 0.6 is 11.6 Å². The molecule has 1 fully saturated rings. The van der Waals surface area contributed by atoms with Gasteiger partial charge in [-0.2, -0.15) is 0 Å². The van der Waals surface area contributed by atoms with Crippen LogP contribution in [-0.4, -0.2) is 58.1 Å². The summed E-state index contributed by atoms with van der Waals surface area (Å²) in [5, 5.41) is 10.9. The molecule has 8 nitrogen and oxygen atoms in total. The van der Waals surface area contributed by atoms with Crippen molar-refractivity contribution < 1.29 is 23.8 Å². The van der Waals surface area contributed by atoms with Gasteiger partial charge in [-0.15, -0.1) is 0 Å². The molecule has 1 N–H and O–H groups in total. The maximum atomic E-state index is 13.7. The molecule has 5 rings (SSSR count). The average molecular weight is 504 g/mol. The second kappa shape index (κ2) is 8.64. The number of carbonyl (C=O) groups excluding carboxylic acids is 2. The smallest absolute Gasteiger partial charge is 0.296 e. The van der Waals surface area contributed by atoms with E-state index < -0.39 is 28.7 Å². The van der Waals surface area contributed by atoms with Gasteiger partial charge in [0.1, 0.15) is 17.2 Å². The maximum Gasteiger partial charge on any atom is 0.296 e. The normalized spacial score (nSPS) is 21.8. The van der Waals surface area contributed by atoms with Crippen molar-refractivity contribution in [3.8, 4) is 5.75 Å². The van der Waals surface area contributed by atoms with E-state index in [9.17, 15) is 23.9 Å². The van der Waals surface area contributed by atoms with E-state index in [4.69, 9.17) is 16.3 Å². The van der Waals surface area contributed by atoms with Gasteiger partial charge in [0.2, 0.25) is 0 Å². The predicted molar refractivity (Wildman–Crippen MR) is 126 cm³/mol. The fourth-order valence-corrected chi connectivity index (χ4v) is 5.88. The van der Waals surface area contributed by atoms with Gasteiger partial charge in [-0.25, -0.2) is 4.39 Å². The summed E-state index contributed by atoms with van der Waals surface area (Å²) in [4.78, 5) is 43.8. The number of hydrogen-bond donors (Lipinski definition) is 1. The Kier molecular flexibility index (Phi) is 5.88. The van der Waals surface area contributed by atoms with Gasteiger partial charge in [-0.3, -0.25) is 19.0 Å². The topological polar surface area (TPSA) is 92.1 Å². The van der Waals surface area contributed by atoms with Crippen molar-refractivity contribution in [3.63, 3.8) is 0 Å². The quantitative estimate of drug-likeness (QED) is 0.654. The number of aromatic hydroxyl groups is 1. The Labute approximate surface area is 206 Å². The predicted octanol–water partition coefficient (Wildman–Crippen LogP) is 3.12. The summed E-state index contributed by atoms with van der Waals surface area (Å²) in [5.41, 5.74) is -0.593. The zero-order chi connectivity index (χ0) is 25.1. The first-order chi connectivity index (χ1) is 16.7. The molecule has 2 aromatic rings. The van der Waals surface area contributed by atoms with E-state index in [1.54, 1.807) is 12.0 Å². The number of halogens is 2. The van der Waals surface area contributed by atoms with E-state index in [0.717, 1.165) is 19.3 Å². The minimum atomic E-state index is -0.933. The number of amides is 2. The highest BCUT2D eigenvalue weighted by Gasteiger charge is 2.55. The van der Waals surface area contributed by atoms with Crippen molar-refractivity contribution in [2.75, 3.05) is 26.8 Å². The first kappa shape index (κ1) is 23.8. The van der Waals surface area contributed by atoms with E-state index in [-0.39, 0.29) is 41.2 Å². The monoisotopic (exact) mass is 503 g/mol. The minimum absolute atomic E-state index is 0.0525. The van der Waals surface area contributed by atoms with Gasteiger partial charge in [-0.1, -0.05) is 24.1 Å². The molecule has 1 aromatic carbocycles. The molecule has 1 unspecified atom stereocenters. The number of pyridine rings is 1. The largest absolute Gasteiger partial charge is 0.502 e. The van der Waals surface area contributed by atoms with Crippen molar-refractivity contribution >= 4 is 23.4 Å². The molecule has 10 heteroatoms. The molecule has 1 aromatic heterocycles. The van der Waals surface area contributed by atoms with E-state index in [1.165, 1.54) is 27.7 Å². The van der Waals surface area contributed by atoms with Crippen LogP contribution in [0.25, 0.3) is 0 Å². The third kappa shape index (κ3) is 3.47. The number of methoxy groups -OCH3 is 1. The van der Waals surface area contributed by atoms with Crippen LogP contribution in [0.3, 0.4) is 0 Å². The van der Waals surface area contributed by atoms with Crippen LogP contribution < -0.4 is 5.56 Å². The summed E-state index contributed by atoms with van der Waals surface area (Å²) in [6, 6.07) is 4.20. The van der Waals surface area contributed by atoms with Crippen LogP contribution in [0.15, 0.2) is 23.0 Å². The van der Waals surface area contributed by atoms with E-state index in [2.05, 4.69) is 0 Å². The van der Waals surface area contributed by atoms with Crippen LogP contribution in [0, 0.1) is 11.7 Å². The lowest BCUT2D eigenvalue weighted by atomic mass is 9.75. The Bertz CT molecular complexity index is 1290. The third-order valence-electron chi connectivity index (χ3n) is 7.79. The van der Waals surface area contributed by atoms with Gasteiger partial charge >= 0.3 is 0 Å². The molecule has 186 valence electrons. The Hall–Kier alpha value is -2.91. The number of aromatic nitrogens is 1. The summed E-state index contributed by atoms with van der Waals surface area (Å²) >= 11 is 5.88. The van der Waals surface area contributed by atoms with Gasteiger partial charge in [0.05, 0.1) is 17.2 Å². The second-order valence-electron chi connectivity index (χ2n) is 9.59. The molecule has 35 heavy (non-hydrogen) atoms. The van der Waals surface area contributed by atoms with E-state index in [1.807, 2.05) is 6.92 Å². The van der Waals surface area contributed by atoms with Crippen molar-refractivity contribution in [2.45, 2.75) is 44.8 Å². The Morgan fingerprint density at radius 3 is 2.60 bits per heavy atom. The molecule has 1 atom stereocenters. The highest BCUT2D eigenvalue weighted by molar-refractivity contribution is 6.30. The van der Waals surface area contributed by atoms with Crippen LogP contribution in [0.4, 0.5) is 4.39 Å². The van der Waals surface area contributed by atoms with Crippen LogP contribution in [-0.2, 0) is 23.4 Å². The number of carbonyl (C=O) groups is 2. The molecular weight excluding hydrogens is 477 g/mol. The summed E-state index contributed by atoms with van der Waals surface area (Å²) in [5.74, 6) is -1.99. The molecule has 3 aliphatic rings. The summed E-state index contributed by atoms with van der Waals surface area (Å²) in [6.45, 7) is 2.87. The van der Waals surface area contributed by atoms with Gasteiger partial charge in [0.15, 0.2) is 5.75 Å². The highest BCUT2D eigenvalue weighted by Crippen LogP contribution is 2.48. The molecule has 2 aliphatic heterocycles. The first-order valence-electron chi connectivity index (χ1n) is 11.8. The average Bonchev–Trinajstić information content (AvgIpc) is 3.00. The zero-order valence-corrected chi connectivity index (χ0v) is 20.4. The summed E-state index contributed by atoms with van der Waals surface area (Å²) in [6.07, 6.45) is 3.03. The second-order valence-corrected chi connectivity index (χ2v) is 10.00. The standard InChI is InChI=1S/C25H27ClFN3O5/c1-25(15-4-3-5-15)29(10-11-35-2)23(33)20-16-8-9-28(13-14-6-7-18(27)17(26)12-14)22(32)19(16)21(31)24(34)30(20)25/h6-7,12,15,31H,3-5,8-11,13H2,1-2H3. The van der Waals surface area contributed by atoms with E-state index >= 15 is 0 Å². The van der Waals surface area contributed by atoms with Crippen molar-refractivity contribution in [1.29, 1.82) is 0 Å². The maximum absolute atomic E-state index is 13.7. The van der Waals surface area contributed by atoms with Gasteiger partial charge in [-0.05, 0) is 43.9 Å². The number of fused-ring (bicyclic) bond motifs is 3. The molecule has 0 saturated heterocycles. The van der Waals surface area contributed by atoms with Gasteiger partial charge < -0.3 is 19.6 Å². The summed E-state index contributed by atoms with van der Waals surface area (Å²) < 4.78 is 20.2. The lowest BCUT2D eigenvalue weighted by Crippen LogP contribution is -2.55. The lowest BCUT2D eigenvalue weighted by molar-refractivity contribution is -0.0277. The Morgan fingerprint density at radius 1 is 1.23 bits per heavy atom. The van der Waals surface area contributed by atoms with E-state index in [0.29, 0.717) is 30.7 Å². The molecular formula is C25H27ClFN3O5. The fourth-order valence-electron chi connectivity index (χ4n) is 5.68. The molecule has 3 heterocycles. The van der Waals surface area contributed by atoms with Crippen LogP contribution in [0.2, 0.25) is 5.02 Å². The van der Waals surface area contributed by atoms with Crippen molar-refractivity contribution in [1.82, 2.24) is 14.4 Å². The lowest BCUT2D eigenvalue weighted by Gasteiger charge is -2.46. The van der Waals surface area contributed by atoms with Crippen molar-refractivity contribution in [2.24, 2.45) is 5.92 Å². The van der Waals surface area contributed by atoms with Crippen LogP contribution in [0.5, 0.6) is 5.75 Å². The number of benzene rings is 1. The number of nitrogens with zero attached hydrogens (tertiary/aromatic N) is 3. The number of rotatable bonds is 6. The summed E-state index contributed by atoms with van der Waals surface area (Å²) in [7, 11) is 1.55. The highest BCUT2D eigenvalue weighted by atomic mass is 35.5. The SMILES string of the molecule is COCCN1C(=O)c2c3c(c(O)c(=O)n2C1(C)C1CCC1)C(=O)N(Cc1ccc(F)c(Cl)c1)CC3. The van der Waals surface area contributed by atoms with Gasteiger partial charge in [0.25, 0.3) is 17.4 Å². The van der Waals surface area contributed by atoms with Gasteiger partial charge in [0, 0.05) is 38.2 Å². The molecule has 0 spiro atoms. The first-order valence-corrected chi connectivity index (χ1v) is 12.1. The molecule has 1 saturated carbocycles. The number of hydrogen-bond acceptors (Lipinski definition) is 5. The fraction of sp³-hybridized carbons (Fsp3) is 0.480. The third-order valence-corrected chi connectivity index (χ3v) is 8.08. The molecule has 2 amide bonds. The molecule has 1 aliphatic carbocycles.